The fourth-order valence-corrected chi connectivity index (χ4v) is 4.92. The summed E-state index contributed by atoms with van der Waals surface area (Å²) in [7, 11) is 2.10. The highest BCUT2D eigenvalue weighted by molar-refractivity contribution is 7.09. The van der Waals surface area contributed by atoms with Gasteiger partial charge in [-0.3, -0.25) is 4.68 Å². The Labute approximate surface area is 204 Å². The molecule has 0 atom stereocenters. The topological polar surface area (TPSA) is 95.8 Å². The molecule has 0 unspecified atom stereocenters. The summed E-state index contributed by atoms with van der Waals surface area (Å²) < 4.78 is 7.27. The van der Waals surface area contributed by atoms with Crippen molar-refractivity contribution in [3.05, 3.63) is 22.8 Å². The molecule has 0 bridgehead atoms. The summed E-state index contributed by atoms with van der Waals surface area (Å²) in [4.78, 5) is 35.5. The Morgan fingerprint density at radius 1 is 1.12 bits per heavy atom. The standard InChI is InChI=1S/C23H35N7O3S/c1-23(2,3)33-21(31)24-14-20-26-19(16-34-20)17-13-25-30(15-17)18-5-7-28(8-6-18)22(32)29-11-9-27(4)10-12-29/h13,15-16,18H,5-12,14H2,1-4H3,(H,24,31). The summed E-state index contributed by atoms with van der Waals surface area (Å²) in [6.07, 6.45) is 5.20. The molecule has 186 valence electrons. The Balaban J connectivity index is 1.27. The second-order valence-electron chi connectivity index (χ2n) is 9.98. The minimum Gasteiger partial charge on any atom is -0.444 e. The lowest BCUT2D eigenvalue weighted by atomic mass is 10.1. The molecule has 0 spiro atoms. The molecule has 2 aliphatic heterocycles. The maximum Gasteiger partial charge on any atom is 0.408 e. The lowest BCUT2D eigenvalue weighted by Gasteiger charge is -2.38. The Hall–Kier alpha value is -2.66. The lowest BCUT2D eigenvalue weighted by molar-refractivity contribution is 0.0523. The maximum atomic E-state index is 12.8. The van der Waals surface area contributed by atoms with Gasteiger partial charge in [-0.1, -0.05) is 0 Å². The molecule has 0 radical (unpaired) electrons. The first-order valence-electron chi connectivity index (χ1n) is 11.9. The van der Waals surface area contributed by atoms with E-state index in [1.54, 1.807) is 0 Å². The third kappa shape index (κ3) is 6.26. The number of nitrogens with zero attached hydrogens (tertiary/aromatic N) is 6. The van der Waals surface area contributed by atoms with Crippen molar-refractivity contribution < 1.29 is 14.3 Å². The van der Waals surface area contributed by atoms with Gasteiger partial charge in [-0.2, -0.15) is 5.10 Å². The third-order valence-corrected chi connectivity index (χ3v) is 6.96. The molecule has 11 heteroatoms. The van der Waals surface area contributed by atoms with Crippen LogP contribution in [0.5, 0.6) is 0 Å². The molecular formula is C23H35N7O3S. The zero-order valence-corrected chi connectivity index (χ0v) is 21.3. The summed E-state index contributed by atoms with van der Waals surface area (Å²) in [5.74, 6) is 0. The van der Waals surface area contributed by atoms with E-state index in [4.69, 9.17) is 4.74 Å². The second kappa shape index (κ2) is 10.3. The van der Waals surface area contributed by atoms with Crippen LogP contribution in [0.15, 0.2) is 17.8 Å². The molecular weight excluding hydrogens is 454 g/mol. The van der Waals surface area contributed by atoms with E-state index >= 15 is 0 Å². The number of hydrogen-bond donors (Lipinski definition) is 1. The highest BCUT2D eigenvalue weighted by Gasteiger charge is 2.29. The first kappa shape index (κ1) is 24.5. The highest BCUT2D eigenvalue weighted by Crippen LogP contribution is 2.27. The number of nitrogens with one attached hydrogen (secondary N) is 1. The number of hydrogen-bond acceptors (Lipinski definition) is 7. The monoisotopic (exact) mass is 489 g/mol. The van der Waals surface area contributed by atoms with Crippen LogP contribution in [0.3, 0.4) is 0 Å². The van der Waals surface area contributed by atoms with Crippen LogP contribution in [0.1, 0.15) is 44.7 Å². The van der Waals surface area contributed by atoms with E-state index in [1.807, 2.05) is 53.0 Å². The first-order valence-corrected chi connectivity index (χ1v) is 12.7. The van der Waals surface area contributed by atoms with Gasteiger partial charge in [0.25, 0.3) is 0 Å². The van der Waals surface area contributed by atoms with Gasteiger partial charge in [-0.15, -0.1) is 11.3 Å². The zero-order chi connectivity index (χ0) is 24.3. The SMILES string of the molecule is CN1CCN(C(=O)N2CCC(n3cc(-c4csc(CNC(=O)OC(C)(C)C)n4)cn3)CC2)CC1. The minimum absolute atomic E-state index is 0.169. The van der Waals surface area contributed by atoms with Gasteiger partial charge in [0.05, 0.1) is 24.5 Å². The van der Waals surface area contributed by atoms with Crippen LogP contribution in [0, 0.1) is 0 Å². The molecule has 2 aliphatic rings. The summed E-state index contributed by atoms with van der Waals surface area (Å²) in [6.45, 7) is 10.8. The van der Waals surface area contributed by atoms with Crippen LogP contribution in [-0.4, -0.2) is 93.5 Å². The van der Waals surface area contributed by atoms with Crippen LogP contribution < -0.4 is 5.32 Å². The highest BCUT2D eigenvalue weighted by atomic mass is 32.1. The van der Waals surface area contributed by atoms with Gasteiger partial charge < -0.3 is 24.8 Å². The number of urea groups is 1. The van der Waals surface area contributed by atoms with Gasteiger partial charge in [0.1, 0.15) is 10.6 Å². The fourth-order valence-electron chi connectivity index (χ4n) is 4.18. The van der Waals surface area contributed by atoms with Gasteiger partial charge >= 0.3 is 12.1 Å². The number of carbonyl (C=O) groups is 2. The average Bonchev–Trinajstić information content (AvgIpc) is 3.46. The Morgan fingerprint density at radius 2 is 1.79 bits per heavy atom. The largest absolute Gasteiger partial charge is 0.444 e. The number of piperazine rings is 1. The first-order chi connectivity index (χ1) is 16.2. The zero-order valence-electron chi connectivity index (χ0n) is 20.5. The van der Waals surface area contributed by atoms with Crippen molar-refractivity contribution in [2.75, 3.05) is 46.3 Å². The molecule has 0 saturated carbocycles. The number of aromatic nitrogens is 3. The number of piperidine rings is 1. The number of ether oxygens (including phenoxy) is 1. The number of amides is 3. The number of likely N-dealkylation sites (N-methyl/N-ethyl adjacent to an activating group) is 1. The van der Waals surface area contributed by atoms with Crippen molar-refractivity contribution in [3.8, 4) is 11.3 Å². The van der Waals surface area contributed by atoms with E-state index in [0.717, 1.165) is 68.4 Å². The van der Waals surface area contributed by atoms with Crippen LogP contribution in [0.25, 0.3) is 11.3 Å². The van der Waals surface area contributed by atoms with Crippen LogP contribution >= 0.6 is 11.3 Å². The second-order valence-corrected chi connectivity index (χ2v) is 10.9. The van der Waals surface area contributed by atoms with Gasteiger partial charge in [0.15, 0.2) is 0 Å². The van der Waals surface area contributed by atoms with E-state index in [1.165, 1.54) is 11.3 Å². The molecule has 0 aliphatic carbocycles. The molecule has 2 aromatic rings. The molecule has 2 fully saturated rings. The van der Waals surface area contributed by atoms with Crippen LogP contribution in [-0.2, 0) is 11.3 Å². The number of likely N-dealkylation sites (tertiary alicyclic amines) is 1. The number of alkyl carbamates (subject to hydrolysis) is 1. The molecule has 2 saturated heterocycles. The normalized spacial score (nSPS) is 18.2. The van der Waals surface area contributed by atoms with Crippen molar-refractivity contribution in [1.82, 2.24) is 34.8 Å². The van der Waals surface area contributed by atoms with Gasteiger partial charge in [0.2, 0.25) is 0 Å². The number of rotatable bonds is 4. The maximum absolute atomic E-state index is 12.8. The van der Waals surface area contributed by atoms with Gasteiger partial charge in [-0.05, 0) is 40.7 Å². The Bertz CT molecular complexity index is 983. The predicted octanol–water partition coefficient (Wildman–Crippen LogP) is 3.04. The van der Waals surface area contributed by atoms with Crippen molar-refractivity contribution >= 4 is 23.5 Å². The fraction of sp³-hybridized carbons (Fsp3) is 0.652. The third-order valence-electron chi connectivity index (χ3n) is 6.11. The predicted molar refractivity (Wildman–Crippen MR) is 131 cm³/mol. The molecule has 1 N–H and O–H groups in total. The van der Waals surface area contributed by atoms with Crippen molar-refractivity contribution in [2.24, 2.45) is 0 Å². The molecule has 3 amide bonds. The average molecular weight is 490 g/mol. The lowest BCUT2D eigenvalue weighted by Crippen LogP contribution is -2.53. The summed E-state index contributed by atoms with van der Waals surface area (Å²) in [5, 5.41) is 10.1. The van der Waals surface area contributed by atoms with E-state index in [2.05, 4.69) is 27.3 Å². The number of carbonyl (C=O) groups excluding carboxylic acids is 2. The van der Waals surface area contributed by atoms with Gasteiger partial charge in [0, 0.05) is 56.4 Å². The molecule has 0 aromatic carbocycles. The molecule has 2 aromatic heterocycles. The molecule has 4 heterocycles. The van der Waals surface area contributed by atoms with Crippen molar-refractivity contribution in [3.63, 3.8) is 0 Å². The van der Waals surface area contributed by atoms with Crippen LogP contribution in [0.4, 0.5) is 9.59 Å². The minimum atomic E-state index is -0.527. The summed E-state index contributed by atoms with van der Waals surface area (Å²) >= 11 is 1.50. The smallest absolute Gasteiger partial charge is 0.408 e. The summed E-state index contributed by atoms with van der Waals surface area (Å²) in [6, 6.07) is 0.444. The quantitative estimate of drug-likeness (QED) is 0.709. The van der Waals surface area contributed by atoms with Crippen molar-refractivity contribution in [1.29, 1.82) is 0 Å². The summed E-state index contributed by atoms with van der Waals surface area (Å²) in [5.41, 5.74) is 1.27. The molecule has 4 rings (SSSR count). The van der Waals surface area contributed by atoms with Crippen molar-refractivity contribution in [2.45, 2.75) is 51.8 Å². The number of thiazole rings is 1. The van der Waals surface area contributed by atoms with E-state index in [-0.39, 0.29) is 12.1 Å². The molecule has 10 nitrogen and oxygen atoms in total. The van der Waals surface area contributed by atoms with E-state index in [9.17, 15) is 9.59 Å². The van der Waals surface area contributed by atoms with Gasteiger partial charge in [-0.25, -0.2) is 14.6 Å². The van der Waals surface area contributed by atoms with E-state index < -0.39 is 11.7 Å². The molecule has 34 heavy (non-hydrogen) atoms. The Kier molecular flexibility index (Phi) is 7.42. The van der Waals surface area contributed by atoms with Crippen LogP contribution in [0.2, 0.25) is 0 Å². The Morgan fingerprint density at radius 3 is 2.47 bits per heavy atom. The van der Waals surface area contributed by atoms with E-state index in [0.29, 0.717) is 6.54 Å².